The normalized spacial score (nSPS) is 11.0. The third kappa shape index (κ3) is 3.67. The SMILES string of the molecule is CCOC(=O)C(C(=O)OCC)c1nc2sc3cc(Cl)c(Cl)cc3n2c(=O)c1C#N. The molecular formula is C18H13Cl2N3O5S. The highest BCUT2D eigenvalue weighted by Crippen LogP contribution is 2.33. The van der Waals surface area contributed by atoms with Crippen molar-refractivity contribution in [2.45, 2.75) is 19.8 Å². The van der Waals surface area contributed by atoms with Gasteiger partial charge in [0.1, 0.15) is 11.6 Å². The number of hydrogen-bond donors (Lipinski definition) is 0. The molecule has 3 aromatic rings. The van der Waals surface area contributed by atoms with Crippen molar-refractivity contribution in [3.05, 3.63) is 43.8 Å². The summed E-state index contributed by atoms with van der Waals surface area (Å²) in [6.07, 6.45) is 0. The predicted octanol–water partition coefficient (Wildman–Crippen LogP) is 3.30. The zero-order chi connectivity index (χ0) is 21.3. The number of nitrogens with zero attached hydrogens (tertiary/aromatic N) is 3. The fourth-order valence-electron chi connectivity index (χ4n) is 2.76. The fraction of sp³-hybridized carbons (Fsp3) is 0.278. The number of fused-ring (bicyclic) bond motifs is 3. The fourth-order valence-corrected chi connectivity index (χ4v) is 4.19. The molecule has 0 amide bonds. The van der Waals surface area contributed by atoms with Gasteiger partial charge in [0, 0.05) is 0 Å². The Kier molecular flexibility index (Phi) is 6.07. The van der Waals surface area contributed by atoms with E-state index in [1.807, 2.05) is 0 Å². The van der Waals surface area contributed by atoms with Crippen molar-refractivity contribution in [3.8, 4) is 6.07 Å². The van der Waals surface area contributed by atoms with Crippen LogP contribution >= 0.6 is 34.5 Å². The van der Waals surface area contributed by atoms with Crippen molar-refractivity contribution < 1.29 is 19.1 Å². The first-order chi connectivity index (χ1) is 13.8. The van der Waals surface area contributed by atoms with Crippen molar-refractivity contribution in [2.75, 3.05) is 13.2 Å². The second kappa shape index (κ2) is 8.37. The molecule has 0 radical (unpaired) electrons. The molecule has 0 bridgehead atoms. The summed E-state index contributed by atoms with van der Waals surface area (Å²) in [6, 6.07) is 4.80. The number of benzene rings is 1. The molecule has 150 valence electrons. The topological polar surface area (TPSA) is 111 Å². The average molecular weight is 454 g/mol. The Morgan fingerprint density at radius 3 is 2.34 bits per heavy atom. The Morgan fingerprint density at radius 1 is 1.21 bits per heavy atom. The molecule has 0 unspecified atom stereocenters. The summed E-state index contributed by atoms with van der Waals surface area (Å²) in [5.41, 5.74) is -1.10. The van der Waals surface area contributed by atoms with E-state index < -0.39 is 29.0 Å². The molecule has 0 atom stereocenters. The minimum atomic E-state index is -1.65. The van der Waals surface area contributed by atoms with Gasteiger partial charge < -0.3 is 9.47 Å². The number of nitriles is 1. The lowest BCUT2D eigenvalue weighted by atomic mass is 10.0. The maximum atomic E-state index is 13.0. The zero-order valence-corrected chi connectivity index (χ0v) is 17.5. The van der Waals surface area contributed by atoms with E-state index in [1.165, 1.54) is 10.5 Å². The van der Waals surface area contributed by atoms with E-state index in [0.29, 0.717) is 10.2 Å². The van der Waals surface area contributed by atoms with Crippen LogP contribution < -0.4 is 5.56 Å². The van der Waals surface area contributed by atoms with Gasteiger partial charge in [-0.25, -0.2) is 9.38 Å². The number of carbonyl (C=O) groups is 2. The number of carbonyl (C=O) groups excluding carboxylic acids is 2. The maximum absolute atomic E-state index is 13.0. The van der Waals surface area contributed by atoms with Gasteiger partial charge in [0.05, 0.1) is 39.2 Å². The van der Waals surface area contributed by atoms with Gasteiger partial charge in [0.2, 0.25) is 0 Å². The zero-order valence-electron chi connectivity index (χ0n) is 15.2. The number of aromatic nitrogens is 2. The molecule has 0 N–H and O–H groups in total. The van der Waals surface area contributed by atoms with Crippen LogP contribution in [-0.4, -0.2) is 34.5 Å². The molecule has 3 rings (SSSR count). The van der Waals surface area contributed by atoms with Crippen molar-refractivity contribution in [2.24, 2.45) is 0 Å². The number of thiazole rings is 1. The first-order valence-corrected chi connectivity index (χ1v) is 9.98. The molecule has 29 heavy (non-hydrogen) atoms. The molecule has 0 saturated carbocycles. The Morgan fingerprint density at radius 2 is 1.79 bits per heavy atom. The Bertz CT molecular complexity index is 1230. The number of hydrogen-bond acceptors (Lipinski definition) is 8. The van der Waals surface area contributed by atoms with Gasteiger partial charge in [0.25, 0.3) is 5.56 Å². The molecule has 0 spiro atoms. The highest BCUT2D eigenvalue weighted by molar-refractivity contribution is 7.23. The smallest absolute Gasteiger partial charge is 0.326 e. The third-order valence-corrected chi connectivity index (χ3v) is 5.68. The molecule has 0 aliphatic carbocycles. The van der Waals surface area contributed by atoms with Crippen LogP contribution in [0.5, 0.6) is 0 Å². The standard InChI is InChI=1S/C18H13Cl2N3O5S/c1-3-27-16(25)13(17(26)28-4-2)14-8(7-21)15(24)23-11-5-9(19)10(20)6-12(11)29-18(23)22-14/h5-6,13H,3-4H2,1-2H3. The van der Waals surface area contributed by atoms with Gasteiger partial charge >= 0.3 is 11.9 Å². The van der Waals surface area contributed by atoms with Crippen molar-refractivity contribution >= 4 is 61.7 Å². The van der Waals surface area contributed by atoms with Gasteiger partial charge in [-0.2, -0.15) is 5.26 Å². The van der Waals surface area contributed by atoms with Crippen LogP contribution in [0.25, 0.3) is 15.2 Å². The summed E-state index contributed by atoms with van der Waals surface area (Å²) in [5.74, 6) is -3.56. The minimum absolute atomic E-state index is 0.00224. The Labute approximate surface area is 178 Å². The summed E-state index contributed by atoms with van der Waals surface area (Å²) in [5, 5.41) is 10.1. The molecular weight excluding hydrogens is 441 g/mol. The monoisotopic (exact) mass is 453 g/mol. The first-order valence-electron chi connectivity index (χ1n) is 8.41. The predicted molar refractivity (Wildman–Crippen MR) is 108 cm³/mol. The van der Waals surface area contributed by atoms with Crippen LogP contribution in [0.3, 0.4) is 0 Å². The highest BCUT2D eigenvalue weighted by atomic mass is 35.5. The second-order valence-electron chi connectivity index (χ2n) is 5.68. The second-order valence-corrected chi connectivity index (χ2v) is 7.50. The first kappa shape index (κ1) is 21.0. The van der Waals surface area contributed by atoms with Crippen LogP contribution in [0.2, 0.25) is 10.0 Å². The van der Waals surface area contributed by atoms with Gasteiger partial charge in [-0.3, -0.25) is 14.4 Å². The van der Waals surface area contributed by atoms with Gasteiger partial charge in [-0.1, -0.05) is 34.5 Å². The molecule has 0 saturated heterocycles. The summed E-state index contributed by atoms with van der Waals surface area (Å²) >= 11 is 13.2. The van der Waals surface area contributed by atoms with Crippen LogP contribution in [-0.2, 0) is 19.1 Å². The van der Waals surface area contributed by atoms with E-state index >= 15 is 0 Å². The summed E-state index contributed by atoms with van der Waals surface area (Å²) in [6.45, 7) is 3.13. The summed E-state index contributed by atoms with van der Waals surface area (Å²) in [7, 11) is 0. The van der Waals surface area contributed by atoms with Gasteiger partial charge in [-0.05, 0) is 26.0 Å². The lowest BCUT2D eigenvalue weighted by Gasteiger charge is -2.14. The van der Waals surface area contributed by atoms with Crippen LogP contribution in [0.15, 0.2) is 16.9 Å². The average Bonchev–Trinajstić information content (AvgIpc) is 3.00. The number of ether oxygens (including phenoxy) is 2. The third-order valence-electron chi connectivity index (χ3n) is 3.95. The van der Waals surface area contributed by atoms with Crippen LogP contribution in [0.1, 0.15) is 31.0 Å². The quantitative estimate of drug-likeness (QED) is 0.430. The molecule has 2 heterocycles. The molecule has 1 aromatic carbocycles. The van der Waals surface area contributed by atoms with E-state index in [4.69, 9.17) is 32.7 Å². The highest BCUT2D eigenvalue weighted by Gasteiger charge is 2.37. The summed E-state index contributed by atoms with van der Waals surface area (Å²) < 4.78 is 11.7. The number of halogens is 2. The molecule has 8 nitrogen and oxygen atoms in total. The van der Waals surface area contributed by atoms with E-state index in [0.717, 1.165) is 11.3 Å². The number of esters is 2. The molecule has 0 aliphatic heterocycles. The van der Waals surface area contributed by atoms with E-state index in [2.05, 4.69) is 4.98 Å². The number of rotatable bonds is 5. The van der Waals surface area contributed by atoms with E-state index in [1.54, 1.807) is 26.0 Å². The van der Waals surface area contributed by atoms with Crippen LogP contribution in [0.4, 0.5) is 0 Å². The van der Waals surface area contributed by atoms with Crippen molar-refractivity contribution in [1.29, 1.82) is 5.26 Å². The molecule has 0 aliphatic rings. The van der Waals surface area contributed by atoms with Crippen molar-refractivity contribution in [3.63, 3.8) is 0 Å². The lowest BCUT2D eigenvalue weighted by molar-refractivity contribution is -0.157. The van der Waals surface area contributed by atoms with Crippen molar-refractivity contribution in [1.82, 2.24) is 9.38 Å². The van der Waals surface area contributed by atoms with E-state index in [9.17, 15) is 19.6 Å². The minimum Gasteiger partial charge on any atom is -0.465 e. The van der Waals surface area contributed by atoms with Crippen LogP contribution in [0, 0.1) is 11.3 Å². The Balaban J connectivity index is 2.36. The molecule has 2 aromatic heterocycles. The Hall–Kier alpha value is -2.67. The summed E-state index contributed by atoms with van der Waals surface area (Å²) in [4.78, 5) is 42.3. The van der Waals surface area contributed by atoms with Gasteiger partial charge in [-0.15, -0.1) is 0 Å². The largest absolute Gasteiger partial charge is 0.465 e. The lowest BCUT2D eigenvalue weighted by Crippen LogP contribution is -2.31. The molecule has 0 fully saturated rings. The molecule has 11 heteroatoms. The maximum Gasteiger partial charge on any atom is 0.326 e. The van der Waals surface area contributed by atoms with E-state index in [-0.39, 0.29) is 33.9 Å². The van der Waals surface area contributed by atoms with Gasteiger partial charge in [0.15, 0.2) is 10.9 Å².